The van der Waals surface area contributed by atoms with Crippen LogP contribution in [0.4, 0.5) is 5.69 Å². The van der Waals surface area contributed by atoms with E-state index in [1.165, 1.54) is 11.1 Å². The van der Waals surface area contributed by atoms with E-state index in [-0.39, 0.29) is 6.04 Å². The molecule has 0 radical (unpaired) electrons. The average molecular weight is 326 g/mol. The Balaban J connectivity index is 2.24. The molecule has 0 saturated heterocycles. The fourth-order valence-electron chi connectivity index (χ4n) is 1.91. The Kier molecular flexibility index (Phi) is 4.25. The number of nitrogens with one attached hydrogen (secondary N) is 1. The number of hydrogen-bond acceptors (Lipinski definition) is 2. The molecular formula is C14H14BrClN2. The number of rotatable bonds is 3. The van der Waals surface area contributed by atoms with Crippen molar-refractivity contribution in [2.75, 3.05) is 5.32 Å². The summed E-state index contributed by atoms with van der Waals surface area (Å²) in [5.74, 6) is 0. The van der Waals surface area contributed by atoms with Gasteiger partial charge in [0.1, 0.15) is 0 Å². The number of aromatic nitrogens is 1. The molecule has 1 heterocycles. The number of nitrogens with zero attached hydrogens (tertiary/aromatic N) is 1. The summed E-state index contributed by atoms with van der Waals surface area (Å²) < 4.78 is 0.909. The van der Waals surface area contributed by atoms with Gasteiger partial charge < -0.3 is 5.32 Å². The van der Waals surface area contributed by atoms with Crippen LogP contribution in [-0.2, 0) is 0 Å². The van der Waals surface area contributed by atoms with E-state index in [1.807, 2.05) is 18.2 Å². The first-order valence-electron chi connectivity index (χ1n) is 5.71. The third-order valence-corrected chi connectivity index (χ3v) is 3.57. The molecule has 1 aromatic carbocycles. The molecule has 1 unspecified atom stereocenters. The van der Waals surface area contributed by atoms with Crippen LogP contribution in [0.25, 0.3) is 0 Å². The second-order valence-electron chi connectivity index (χ2n) is 4.21. The van der Waals surface area contributed by atoms with E-state index in [0.717, 1.165) is 10.2 Å². The van der Waals surface area contributed by atoms with Crippen LogP contribution in [0.5, 0.6) is 0 Å². The number of aryl methyl sites for hydroxylation is 1. The van der Waals surface area contributed by atoms with Crippen LogP contribution in [0.3, 0.4) is 0 Å². The smallest absolute Gasteiger partial charge is 0.152 e. The molecule has 0 saturated carbocycles. The van der Waals surface area contributed by atoms with Crippen molar-refractivity contribution in [3.63, 3.8) is 0 Å². The summed E-state index contributed by atoms with van der Waals surface area (Å²) in [5.41, 5.74) is 3.35. The number of anilines is 1. The van der Waals surface area contributed by atoms with Crippen LogP contribution >= 0.6 is 27.5 Å². The molecule has 1 N–H and O–H groups in total. The molecule has 0 amide bonds. The lowest BCUT2D eigenvalue weighted by Crippen LogP contribution is -2.08. The van der Waals surface area contributed by atoms with Gasteiger partial charge in [-0.2, -0.15) is 0 Å². The Bertz CT molecular complexity index is 557. The minimum Gasteiger partial charge on any atom is -0.376 e. The van der Waals surface area contributed by atoms with E-state index < -0.39 is 0 Å². The van der Waals surface area contributed by atoms with E-state index in [4.69, 9.17) is 11.6 Å². The van der Waals surface area contributed by atoms with Crippen molar-refractivity contribution in [3.05, 3.63) is 57.3 Å². The first kappa shape index (κ1) is 13.4. The number of hydrogen-bond donors (Lipinski definition) is 1. The lowest BCUT2D eigenvalue weighted by Gasteiger charge is -2.18. The molecule has 0 aliphatic rings. The molecule has 94 valence electrons. The van der Waals surface area contributed by atoms with Crippen molar-refractivity contribution in [1.29, 1.82) is 0 Å². The average Bonchev–Trinajstić information content (AvgIpc) is 2.34. The quantitative estimate of drug-likeness (QED) is 0.805. The van der Waals surface area contributed by atoms with Crippen molar-refractivity contribution in [2.24, 2.45) is 0 Å². The lowest BCUT2D eigenvalue weighted by molar-refractivity contribution is 0.872. The molecule has 0 bridgehead atoms. The Morgan fingerprint density at radius 3 is 2.78 bits per heavy atom. The molecule has 18 heavy (non-hydrogen) atoms. The lowest BCUT2D eigenvalue weighted by atomic mass is 10.0. The SMILES string of the molecule is Cc1ccccc1C(C)Nc1cc(Br)cnc1Cl. The maximum Gasteiger partial charge on any atom is 0.152 e. The first-order valence-corrected chi connectivity index (χ1v) is 6.88. The fourth-order valence-corrected chi connectivity index (χ4v) is 2.40. The van der Waals surface area contributed by atoms with Gasteiger partial charge in [-0.05, 0) is 47.0 Å². The van der Waals surface area contributed by atoms with Crippen molar-refractivity contribution < 1.29 is 0 Å². The topological polar surface area (TPSA) is 24.9 Å². The summed E-state index contributed by atoms with van der Waals surface area (Å²) in [7, 11) is 0. The third-order valence-electron chi connectivity index (χ3n) is 2.83. The first-order chi connectivity index (χ1) is 8.58. The van der Waals surface area contributed by atoms with Gasteiger partial charge in [0, 0.05) is 16.7 Å². The molecule has 1 atom stereocenters. The molecule has 1 aromatic heterocycles. The number of pyridine rings is 1. The molecular weight excluding hydrogens is 312 g/mol. The second-order valence-corrected chi connectivity index (χ2v) is 5.49. The Morgan fingerprint density at radius 1 is 1.33 bits per heavy atom. The highest BCUT2D eigenvalue weighted by atomic mass is 79.9. The van der Waals surface area contributed by atoms with Gasteiger partial charge in [0.15, 0.2) is 5.15 Å². The molecule has 0 aliphatic carbocycles. The zero-order chi connectivity index (χ0) is 13.1. The Morgan fingerprint density at radius 2 is 2.06 bits per heavy atom. The van der Waals surface area contributed by atoms with Gasteiger partial charge in [0.25, 0.3) is 0 Å². The summed E-state index contributed by atoms with van der Waals surface area (Å²) in [6.45, 7) is 4.22. The van der Waals surface area contributed by atoms with Crippen molar-refractivity contribution in [1.82, 2.24) is 4.98 Å². The normalized spacial score (nSPS) is 12.2. The van der Waals surface area contributed by atoms with Crippen molar-refractivity contribution in [2.45, 2.75) is 19.9 Å². The maximum atomic E-state index is 6.07. The summed E-state index contributed by atoms with van der Waals surface area (Å²) in [6, 6.07) is 10.4. The van der Waals surface area contributed by atoms with Gasteiger partial charge in [-0.25, -0.2) is 4.98 Å². The summed E-state index contributed by atoms with van der Waals surface area (Å²) in [6.07, 6.45) is 1.69. The Hall–Kier alpha value is -1.06. The molecule has 2 rings (SSSR count). The highest BCUT2D eigenvalue weighted by Crippen LogP contribution is 2.28. The highest BCUT2D eigenvalue weighted by molar-refractivity contribution is 9.10. The van der Waals surface area contributed by atoms with E-state index in [2.05, 4.69) is 52.2 Å². The molecule has 0 spiro atoms. The van der Waals surface area contributed by atoms with Crippen LogP contribution in [0.15, 0.2) is 41.0 Å². The van der Waals surface area contributed by atoms with Crippen LogP contribution in [0.1, 0.15) is 24.1 Å². The Labute approximate surface area is 121 Å². The van der Waals surface area contributed by atoms with Crippen LogP contribution < -0.4 is 5.32 Å². The number of halogens is 2. The highest BCUT2D eigenvalue weighted by Gasteiger charge is 2.10. The standard InChI is InChI=1S/C14H14BrClN2/c1-9-5-3-4-6-12(9)10(2)18-13-7-11(15)8-17-14(13)16/h3-8,10,18H,1-2H3. The molecule has 2 aromatic rings. The van der Waals surface area contributed by atoms with Gasteiger partial charge >= 0.3 is 0 Å². The minimum absolute atomic E-state index is 0.180. The second kappa shape index (κ2) is 5.72. The third kappa shape index (κ3) is 3.03. The largest absolute Gasteiger partial charge is 0.376 e. The van der Waals surface area contributed by atoms with E-state index in [0.29, 0.717) is 5.15 Å². The van der Waals surface area contributed by atoms with E-state index in [1.54, 1.807) is 6.20 Å². The monoisotopic (exact) mass is 324 g/mol. The van der Waals surface area contributed by atoms with E-state index in [9.17, 15) is 0 Å². The van der Waals surface area contributed by atoms with Crippen molar-refractivity contribution in [3.8, 4) is 0 Å². The predicted octanol–water partition coefficient (Wildman–Crippen LogP) is 4.98. The summed E-state index contributed by atoms with van der Waals surface area (Å²) in [5, 5.41) is 3.87. The minimum atomic E-state index is 0.180. The molecule has 2 nitrogen and oxygen atoms in total. The fraction of sp³-hybridized carbons (Fsp3) is 0.214. The van der Waals surface area contributed by atoms with Crippen LogP contribution in [0, 0.1) is 6.92 Å². The van der Waals surface area contributed by atoms with Gasteiger partial charge in [-0.15, -0.1) is 0 Å². The van der Waals surface area contributed by atoms with Crippen LogP contribution in [0.2, 0.25) is 5.15 Å². The van der Waals surface area contributed by atoms with Gasteiger partial charge in [0.05, 0.1) is 5.69 Å². The van der Waals surface area contributed by atoms with Gasteiger partial charge in [-0.3, -0.25) is 0 Å². The zero-order valence-corrected chi connectivity index (χ0v) is 12.6. The van der Waals surface area contributed by atoms with Crippen LogP contribution in [-0.4, -0.2) is 4.98 Å². The summed E-state index contributed by atoms with van der Waals surface area (Å²) in [4.78, 5) is 4.10. The zero-order valence-electron chi connectivity index (χ0n) is 10.2. The summed E-state index contributed by atoms with van der Waals surface area (Å²) >= 11 is 9.47. The predicted molar refractivity (Wildman–Crippen MR) is 80.2 cm³/mol. The number of benzene rings is 1. The van der Waals surface area contributed by atoms with Gasteiger partial charge in [0.2, 0.25) is 0 Å². The molecule has 0 fully saturated rings. The molecule has 4 heteroatoms. The van der Waals surface area contributed by atoms with Gasteiger partial charge in [-0.1, -0.05) is 35.9 Å². The molecule has 0 aliphatic heterocycles. The maximum absolute atomic E-state index is 6.07. The van der Waals surface area contributed by atoms with Crippen molar-refractivity contribution >= 4 is 33.2 Å². The van der Waals surface area contributed by atoms with E-state index >= 15 is 0 Å².